The van der Waals surface area contributed by atoms with Gasteiger partial charge in [-0.2, -0.15) is 0 Å². The van der Waals surface area contributed by atoms with Gasteiger partial charge in [0.1, 0.15) is 0 Å². The number of nitrogens with one attached hydrogen (secondary N) is 1. The van der Waals surface area contributed by atoms with Crippen molar-refractivity contribution in [3.63, 3.8) is 0 Å². The molecule has 0 amide bonds. The van der Waals surface area contributed by atoms with Gasteiger partial charge in [0.2, 0.25) is 0 Å². The fraction of sp³-hybridized carbons (Fsp3) is 0.600. The summed E-state index contributed by atoms with van der Waals surface area (Å²) in [7, 11) is 0. The van der Waals surface area contributed by atoms with Crippen molar-refractivity contribution in [2.24, 2.45) is 0 Å². The summed E-state index contributed by atoms with van der Waals surface area (Å²) < 4.78 is 1.25. The normalized spacial score (nSPS) is 31.3. The van der Waals surface area contributed by atoms with E-state index < -0.39 is 0 Å². The molecule has 1 saturated carbocycles. The average Bonchev–Trinajstić information content (AvgIpc) is 2.77. The van der Waals surface area contributed by atoms with Crippen LogP contribution in [0.1, 0.15) is 49.3 Å². The first-order valence-corrected chi connectivity index (χ1v) is 7.75. The van der Waals surface area contributed by atoms with E-state index in [1.54, 1.807) is 0 Å². The quantitative estimate of drug-likeness (QED) is 0.878. The van der Waals surface area contributed by atoms with Gasteiger partial charge >= 0.3 is 0 Å². The summed E-state index contributed by atoms with van der Waals surface area (Å²) >= 11 is 3.65. The summed E-state index contributed by atoms with van der Waals surface area (Å²) in [5.74, 6) is 0. The molecule has 3 heteroatoms. The van der Waals surface area contributed by atoms with Crippen LogP contribution in [0.25, 0.3) is 0 Å². The molecule has 2 aliphatic rings. The van der Waals surface area contributed by atoms with E-state index in [4.69, 9.17) is 0 Å². The minimum absolute atomic E-state index is 0.0620. The molecule has 1 aromatic carbocycles. The van der Waals surface area contributed by atoms with Gasteiger partial charge in [-0.25, -0.2) is 0 Å². The SMILES string of the molecule is OC1CCC(NC2CCc3c(Br)cccc32)CC1. The van der Waals surface area contributed by atoms with E-state index in [-0.39, 0.29) is 6.10 Å². The van der Waals surface area contributed by atoms with Crippen LogP contribution in [0.4, 0.5) is 0 Å². The minimum atomic E-state index is -0.0620. The molecule has 0 spiro atoms. The first-order valence-electron chi connectivity index (χ1n) is 6.95. The summed E-state index contributed by atoms with van der Waals surface area (Å²) in [5.41, 5.74) is 2.95. The summed E-state index contributed by atoms with van der Waals surface area (Å²) in [6.07, 6.45) is 6.45. The van der Waals surface area contributed by atoms with Crippen molar-refractivity contribution < 1.29 is 5.11 Å². The molecule has 0 heterocycles. The second-order valence-electron chi connectivity index (χ2n) is 5.57. The topological polar surface area (TPSA) is 32.3 Å². The largest absolute Gasteiger partial charge is 0.393 e. The fourth-order valence-electron chi connectivity index (χ4n) is 3.31. The van der Waals surface area contributed by atoms with Gasteiger partial charge in [0.05, 0.1) is 6.10 Å². The van der Waals surface area contributed by atoms with E-state index in [0.29, 0.717) is 12.1 Å². The monoisotopic (exact) mass is 309 g/mol. The van der Waals surface area contributed by atoms with E-state index in [2.05, 4.69) is 39.4 Å². The average molecular weight is 310 g/mol. The lowest BCUT2D eigenvalue weighted by molar-refractivity contribution is 0.114. The van der Waals surface area contributed by atoms with Crippen LogP contribution in [0, 0.1) is 0 Å². The van der Waals surface area contributed by atoms with Crippen molar-refractivity contribution in [1.29, 1.82) is 0 Å². The number of hydrogen-bond donors (Lipinski definition) is 2. The van der Waals surface area contributed by atoms with Crippen LogP contribution in [-0.4, -0.2) is 17.3 Å². The number of fused-ring (bicyclic) bond motifs is 1. The molecule has 3 rings (SSSR count). The van der Waals surface area contributed by atoms with Crippen LogP contribution in [-0.2, 0) is 6.42 Å². The van der Waals surface area contributed by atoms with Gasteiger partial charge in [-0.15, -0.1) is 0 Å². The number of benzene rings is 1. The second kappa shape index (κ2) is 5.32. The molecule has 1 atom stereocenters. The summed E-state index contributed by atoms with van der Waals surface area (Å²) in [6.45, 7) is 0. The lowest BCUT2D eigenvalue weighted by Crippen LogP contribution is -2.36. The van der Waals surface area contributed by atoms with Crippen molar-refractivity contribution in [3.8, 4) is 0 Å². The van der Waals surface area contributed by atoms with Crippen molar-refractivity contribution in [2.45, 2.75) is 56.7 Å². The highest BCUT2D eigenvalue weighted by atomic mass is 79.9. The van der Waals surface area contributed by atoms with Crippen molar-refractivity contribution in [1.82, 2.24) is 5.32 Å². The predicted octanol–water partition coefficient (Wildman–Crippen LogP) is 3.33. The molecular weight excluding hydrogens is 290 g/mol. The third kappa shape index (κ3) is 2.49. The molecular formula is C15H20BrNO. The highest BCUT2D eigenvalue weighted by molar-refractivity contribution is 9.10. The maximum Gasteiger partial charge on any atom is 0.0541 e. The van der Waals surface area contributed by atoms with Gasteiger partial charge in [0.25, 0.3) is 0 Å². The molecule has 2 aliphatic carbocycles. The molecule has 0 bridgehead atoms. The molecule has 0 saturated heterocycles. The summed E-state index contributed by atoms with van der Waals surface area (Å²) in [4.78, 5) is 0. The van der Waals surface area contributed by atoms with Gasteiger partial charge in [0.15, 0.2) is 0 Å². The third-order valence-corrected chi connectivity index (χ3v) is 5.09. The van der Waals surface area contributed by atoms with Crippen LogP contribution in [0.3, 0.4) is 0 Å². The predicted molar refractivity (Wildman–Crippen MR) is 76.6 cm³/mol. The minimum Gasteiger partial charge on any atom is -0.393 e. The molecule has 98 valence electrons. The van der Waals surface area contributed by atoms with Crippen molar-refractivity contribution in [2.75, 3.05) is 0 Å². The van der Waals surface area contributed by atoms with Gasteiger partial charge in [-0.3, -0.25) is 0 Å². The Kier molecular flexibility index (Phi) is 3.73. The summed E-state index contributed by atoms with van der Waals surface area (Å²) in [5, 5.41) is 13.3. The Bertz CT molecular complexity index is 427. The van der Waals surface area contributed by atoms with Gasteiger partial charge < -0.3 is 10.4 Å². The lowest BCUT2D eigenvalue weighted by Gasteiger charge is -2.29. The Morgan fingerprint density at radius 3 is 2.67 bits per heavy atom. The molecule has 1 aromatic rings. The maximum absolute atomic E-state index is 9.55. The molecule has 0 radical (unpaired) electrons. The van der Waals surface area contributed by atoms with Gasteiger partial charge in [-0.1, -0.05) is 28.1 Å². The zero-order valence-corrected chi connectivity index (χ0v) is 12.1. The van der Waals surface area contributed by atoms with E-state index >= 15 is 0 Å². The number of halogens is 1. The van der Waals surface area contributed by atoms with Crippen molar-refractivity contribution in [3.05, 3.63) is 33.8 Å². The Balaban J connectivity index is 1.68. The highest BCUT2D eigenvalue weighted by Crippen LogP contribution is 2.36. The van der Waals surface area contributed by atoms with Gasteiger partial charge in [0, 0.05) is 16.6 Å². The van der Waals surface area contributed by atoms with E-state index in [1.165, 1.54) is 28.4 Å². The second-order valence-corrected chi connectivity index (χ2v) is 6.43. The number of rotatable bonds is 2. The van der Waals surface area contributed by atoms with Crippen LogP contribution in [0.5, 0.6) is 0 Å². The Labute approximate surface area is 117 Å². The first-order chi connectivity index (χ1) is 8.74. The molecule has 18 heavy (non-hydrogen) atoms. The lowest BCUT2D eigenvalue weighted by atomic mass is 9.92. The Morgan fingerprint density at radius 1 is 1.11 bits per heavy atom. The fourth-order valence-corrected chi connectivity index (χ4v) is 3.89. The van der Waals surface area contributed by atoms with Gasteiger partial charge in [-0.05, 0) is 55.7 Å². The molecule has 2 nitrogen and oxygen atoms in total. The van der Waals surface area contributed by atoms with Crippen LogP contribution >= 0.6 is 15.9 Å². The standard InChI is InChI=1S/C15H20BrNO/c16-14-3-1-2-13-12(14)8-9-15(13)17-10-4-6-11(18)7-5-10/h1-3,10-11,15,17-18H,4-9H2. The Morgan fingerprint density at radius 2 is 1.89 bits per heavy atom. The smallest absolute Gasteiger partial charge is 0.0541 e. The van der Waals surface area contributed by atoms with Crippen LogP contribution < -0.4 is 5.32 Å². The first kappa shape index (κ1) is 12.6. The zero-order chi connectivity index (χ0) is 12.5. The van der Waals surface area contributed by atoms with E-state index in [0.717, 1.165) is 25.7 Å². The summed E-state index contributed by atoms with van der Waals surface area (Å²) in [6, 6.07) is 7.62. The van der Waals surface area contributed by atoms with E-state index in [1.807, 2.05) is 0 Å². The molecule has 1 fully saturated rings. The maximum atomic E-state index is 9.55. The molecule has 2 N–H and O–H groups in total. The Hall–Kier alpha value is -0.380. The van der Waals surface area contributed by atoms with Crippen LogP contribution in [0.15, 0.2) is 22.7 Å². The van der Waals surface area contributed by atoms with Crippen molar-refractivity contribution >= 4 is 15.9 Å². The van der Waals surface area contributed by atoms with E-state index in [9.17, 15) is 5.11 Å². The number of aliphatic hydroxyl groups excluding tert-OH is 1. The third-order valence-electron chi connectivity index (χ3n) is 4.35. The molecule has 1 unspecified atom stereocenters. The number of aliphatic hydroxyl groups is 1. The number of hydrogen-bond acceptors (Lipinski definition) is 2. The highest BCUT2D eigenvalue weighted by Gasteiger charge is 2.27. The molecule has 0 aromatic heterocycles. The molecule has 0 aliphatic heterocycles. The zero-order valence-electron chi connectivity index (χ0n) is 10.5. The van der Waals surface area contributed by atoms with Crippen LogP contribution in [0.2, 0.25) is 0 Å².